The largest absolute Gasteiger partial charge is 0.494 e. The number of hydrogen-bond donors (Lipinski definition) is 3. The van der Waals surface area contributed by atoms with Crippen LogP contribution in [0.15, 0.2) is 65.6 Å². The third kappa shape index (κ3) is 4.06. The second-order valence-electron chi connectivity index (χ2n) is 6.77. The van der Waals surface area contributed by atoms with Gasteiger partial charge in [-0.25, -0.2) is 4.79 Å². The highest BCUT2D eigenvalue weighted by Gasteiger charge is 2.09. The highest BCUT2D eigenvalue weighted by molar-refractivity contribution is 5.82. The zero-order valence-electron chi connectivity index (χ0n) is 16.0. The summed E-state index contributed by atoms with van der Waals surface area (Å²) >= 11 is 0. The first kappa shape index (κ1) is 18.9. The van der Waals surface area contributed by atoms with Crippen molar-refractivity contribution < 1.29 is 4.74 Å². The summed E-state index contributed by atoms with van der Waals surface area (Å²) in [5.41, 5.74) is 14.9. The highest BCUT2D eigenvalue weighted by atomic mass is 16.5. The Hall–Kier alpha value is -3.42. The molecule has 148 valence electrons. The Labute approximate surface area is 168 Å². The molecule has 0 atom stereocenters. The maximum atomic E-state index is 12.5. The van der Waals surface area contributed by atoms with Crippen molar-refractivity contribution >= 4 is 11.0 Å². The minimum absolute atomic E-state index is 0.342. The number of hydrogen-bond acceptors (Lipinski definition) is 5. The van der Waals surface area contributed by atoms with E-state index < -0.39 is 0 Å². The second kappa shape index (κ2) is 8.30. The van der Waals surface area contributed by atoms with Gasteiger partial charge in [-0.05, 0) is 48.9 Å². The zero-order valence-corrected chi connectivity index (χ0v) is 16.0. The van der Waals surface area contributed by atoms with Gasteiger partial charge in [0.2, 0.25) is 0 Å². The van der Waals surface area contributed by atoms with Gasteiger partial charge in [-0.2, -0.15) is 4.98 Å². The first-order valence-electron chi connectivity index (χ1n) is 9.53. The molecule has 0 saturated heterocycles. The lowest BCUT2D eigenvalue weighted by atomic mass is 10.1. The van der Waals surface area contributed by atoms with E-state index in [9.17, 15) is 4.79 Å². The van der Waals surface area contributed by atoms with Crippen LogP contribution in [0.1, 0.15) is 12.0 Å². The number of ether oxygens (including phenoxy) is 1. The van der Waals surface area contributed by atoms with Crippen molar-refractivity contribution in [2.75, 3.05) is 13.2 Å². The first-order valence-corrected chi connectivity index (χ1v) is 9.53. The van der Waals surface area contributed by atoms with Crippen LogP contribution in [0.2, 0.25) is 0 Å². The van der Waals surface area contributed by atoms with Gasteiger partial charge in [0.25, 0.3) is 0 Å². The van der Waals surface area contributed by atoms with Crippen molar-refractivity contribution in [1.29, 1.82) is 0 Å². The van der Waals surface area contributed by atoms with Crippen LogP contribution in [0.4, 0.5) is 0 Å². The number of nitrogens with two attached hydrogens (primary N) is 2. The predicted molar refractivity (Wildman–Crippen MR) is 114 cm³/mol. The maximum Gasteiger partial charge on any atom is 0.354 e. The molecular formula is C22H23N5O2. The summed E-state index contributed by atoms with van der Waals surface area (Å²) in [6, 6.07) is 17.3. The van der Waals surface area contributed by atoms with Gasteiger partial charge in [0.1, 0.15) is 11.4 Å². The van der Waals surface area contributed by atoms with Crippen LogP contribution < -0.4 is 21.9 Å². The lowest BCUT2D eigenvalue weighted by Gasteiger charge is -2.06. The topological polar surface area (TPSA) is 112 Å². The van der Waals surface area contributed by atoms with Crippen LogP contribution in [-0.4, -0.2) is 27.7 Å². The van der Waals surface area contributed by atoms with E-state index >= 15 is 0 Å². The fourth-order valence-electron chi connectivity index (χ4n) is 3.15. The van der Waals surface area contributed by atoms with Gasteiger partial charge >= 0.3 is 5.69 Å². The Balaban J connectivity index is 1.68. The van der Waals surface area contributed by atoms with Crippen LogP contribution in [-0.2, 0) is 6.54 Å². The summed E-state index contributed by atoms with van der Waals surface area (Å²) in [6.45, 7) is 1.64. The second-order valence-corrected chi connectivity index (χ2v) is 6.77. The Bertz CT molecular complexity index is 1180. The third-order valence-electron chi connectivity index (χ3n) is 4.72. The molecule has 4 rings (SSSR count). The first-order chi connectivity index (χ1) is 14.2. The average Bonchev–Trinajstić information content (AvgIpc) is 3.16. The molecule has 0 saturated carbocycles. The molecule has 2 aromatic carbocycles. The van der Waals surface area contributed by atoms with Crippen LogP contribution in [0.3, 0.4) is 0 Å². The molecule has 0 spiro atoms. The van der Waals surface area contributed by atoms with E-state index in [0.29, 0.717) is 25.3 Å². The lowest BCUT2D eigenvalue weighted by molar-refractivity contribution is 0.313. The summed E-state index contributed by atoms with van der Waals surface area (Å²) in [6.07, 6.45) is 2.60. The Morgan fingerprint density at radius 2 is 1.90 bits per heavy atom. The van der Waals surface area contributed by atoms with E-state index in [4.69, 9.17) is 16.2 Å². The van der Waals surface area contributed by atoms with Crippen LogP contribution in [0.25, 0.3) is 28.0 Å². The van der Waals surface area contributed by atoms with Gasteiger partial charge in [-0.3, -0.25) is 4.57 Å². The molecule has 7 nitrogen and oxygen atoms in total. The molecule has 0 bridgehead atoms. The van der Waals surface area contributed by atoms with Crippen LogP contribution in [0, 0.1) is 0 Å². The molecular weight excluding hydrogens is 366 g/mol. The number of fused-ring (bicyclic) bond motifs is 1. The SMILES string of the molecule is NCCCOc1cccc(-c2cc3cn(-c4ccc(CN)cc4)c(=O)nc3[nH]2)c1. The number of aromatic amines is 1. The van der Waals surface area contributed by atoms with E-state index in [1.807, 2.05) is 54.6 Å². The lowest BCUT2D eigenvalue weighted by Crippen LogP contribution is -2.20. The van der Waals surface area contributed by atoms with Gasteiger partial charge < -0.3 is 21.2 Å². The molecule has 4 aromatic rings. The zero-order chi connectivity index (χ0) is 20.2. The third-order valence-corrected chi connectivity index (χ3v) is 4.72. The summed E-state index contributed by atoms with van der Waals surface area (Å²) in [5.74, 6) is 0.780. The molecule has 0 aliphatic carbocycles. The quantitative estimate of drug-likeness (QED) is 0.421. The smallest absolute Gasteiger partial charge is 0.354 e. The highest BCUT2D eigenvalue weighted by Crippen LogP contribution is 2.26. The fraction of sp³-hybridized carbons (Fsp3) is 0.182. The molecule has 2 aromatic heterocycles. The number of nitrogens with one attached hydrogen (secondary N) is 1. The van der Waals surface area contributed by atoms with E-state index in [1.54, 1.807) is 6.20 Å². The molecule has 0 unspecified atom stereocenters. The van der Waals surface area contributed by atoms with Crippen molar-refractivity contribution in [3.05, 3.63) is 76.8 Å². The van der Waals surface area contributed by atoms with Gasteiger partial charge in [0.05, 0.1) is 12.3 Å². The Morgan fingerprint density at radius 3 is 2.66 bits per heavy atom. The van der Waals surface area contributed by atoms with E-state index in [1.165, 1.54) is 4.57 Å². The van der Waals surface area contributed by atoms with Crippen LogP contribution >= 0.6 is 0 Å². The van der Waals surface area contributed by atoms with Gasteiger partial charge in [-0.1, -0.05) is 24.3 Å². The van der Waals surface area contributed by atoms with Crippen molar-refractivity contribution in [3.8, 4) is 22.7 Å². The van der Waals surface area contributed by atoms with Gasteiger partial charge in [0.15, 0.2) is 0 Å². The van der Waals surface area contributed by atoms with Crippen molar-refractivity contribution in [2.24, 2.45) is 11.5 Å². The van der Waals surface area contributed by atoms with Crippen molar-refractivity contribution in [2.45, 2.75) is 13.0 Å². The number of H-pyrrole nitrogens is 1. The maximum absolute atomic E-state index is 12.5. The summed E-state index contributed by atoms with van der Waals surface area (Å²) in [7, 11) is 0. The molecule has 29 heavy (non-hydrogen) atoms. The van der Waals surface area contributed by atoms with Gasteiger partial charge in [-0.15, -0.1) is 0 Å². The Kier molecular flexibility index (Phi) is 5.41. The average molecular weight is 389 g/mol. The molecule has 0 amide bonds. The molecule has 0 radical (unpaired) electrons. The summed E-state index contributed by atoms with van der Waals surface area (Å²) in [5, 5.41) is 0.844. The summed E-state index contributed by atoms with van der Waals surface area (Å²) < 4.78 is 7.26. The normalized spacial score (nSPS) is 11.1. The summed E-state index contributed by atoms with van der Waals surface area (Å²) in [4.78, 5) is 19.9. The van der Waals surface area contributed by atoms with Crippen LogP contribution in [0.5, 0.6) is 5.75 Å². The van der Waals surface area contributed by atoms with Crippen molar-refractivity contribution in [1.82, 2.24) is 14.5 Å². The monoisotopic (exact) mass is 389 g/mol. The number of benzene rings is 2. The molecule has 7 heteroatoms. The minimum atomic E-state index is -0.342. The molecule has 0 fully saturated rings. The molecule has 0 aliphatic rings. The van der Waals surface area contributed by atoms with E-state index in [0.717, 1.165) is 40.1 Å². The van der Waals surface area contributed by atoms with E-state index in [2.05, 4.69) is 9.97 Å². The number of aromatic nitrogens is 3. The number of nitrogens with zero attached hydrogens (tertiary/aromatic N) is 2. The molecule has 2 heterocycles. The minimum Gasteiger partial charge on any atom is -0.494 e. The predicted octanol–water partition coefficient (Wildman–Crippen LogP) is 2.57. The standard InChI is InChI=1S/C22H23N5O2/c23-9-2-10-29-19-4-1-3-16(11-19)20-12-17-14-27(22(28)26-21(17)25-20)18-7-5-15(13-24)6-8-18/h1,3-8,11-12,14H,2,9-10,13,23-24H2,(H,25,26,28). The molecule has 0 aliphatic heterocycles. The molecule has 5 N–H and O–H groups in total. The van der Waals surface area contributed by atoms with E-state index in [-0.39, 0.29) is 5.69 Å². The number of rotatable bonds is 7. The fourth-order valence-corrected chi connectivity index (χ4v) is 3.15. The Morgan fingerprint density at radius 1 is 1.07 bits per heavy atom. The van der Waals surface area contributed by atoms with Gasteiger partial charge in [0, 0.05) is 29.4 Å². The van der Waals surface area contributed by atoms with Crippen molar-refractivity contribution in [3.63, 3.8) is 0 Å².